The number of nitrogens with zero attached hydrogens (tertiary/aromatic N) is 2. The maximum absolute atomic E-state index is 11.5. The largest absolute Gasteiger partial charge is 0.497 e. The molecule has 1 aliphatic heterocycles. The number of rotatable bonds is 4. The number of benzene rings is 1. The van der Waals surface area contributed by atoms with Gasteiger partial charge in [-0.2, -0.15) is 0 Å². The van der Waals surface area contributed by atoms with Gasteiger partial charge in [-0.1, -0.05) is 12.1 Å². The van der Waals surface area contributed by atoms with E-state index >= 15 is 0 Å². The molecule has 1 fully saturated rings. The summed E-state index contributed by atoms with van der Waals surface area (Å²) in [5, 5.41) is 0. The molecule has 1 aliphatic rings. The van der Waals surface area contributed by atoms with E-state index in [0.29, 0.717) is 6.04 Å². The molecule has 6 heteroatoms. The Balaban J connectivity index is 1.86. The number of methoxy groups -OCH3 is 1. The minimum Gasteiger partial charge on any atom is -0.497 e. The molecule has 2 aromatic heterocycles. The number of H-pyrrole nitrogens is 1. The second-order valence-corrected chi connectivity index (χ2v) is 6.37. The Kier molecular flexibility index (Phi) is 4.58. The van der Waals surface area contributed by atoms with Crippen molar-refractivity contribution < 1.29 is 9.47 Å². The van der Waals surface area contributed by atoms with Crippen molar-refractivity contribution in [2.75, 3.05) is 20.3 Å². The number of hydrogen-bond donors (Lipinski definition) is 1. The lowest BCUT2D eigenvalue weighted by Gasteiger charge is -2.25. The van der Waals surface area contributed by atoms with E-state index < -0.39 is 0 Å². The Morgan fingerprint density at radius 2 is 2.04 bits per heavy atom. The molecular formula is C20H21N3O3. The number of aromatic nitrogens is 3. The highest BCUT2D eigenvalue weighted by molar-refractivity contribution is 5.78. The van der Waals surface area contributed by atoms with Gasteiger partial charge in [-0.15, -0.1) is 0 Å². The van der Waals surface area contributed by atoms with Crippen LogP contribution in [0.1, 0.15) is 18.9 Å². The van der Waals surface area contributed by atoms with E-state index in [4.69, 9.17) is 14.5 Å². The summed E-state index contributed by atoms with van der Waals surface area (Å²) in [6, 6.07) is 11.6. The lowest BCUT2D eigenvalue weighted by Crippen LogP contribution is -2.19. The molecule has 1 N–H and O–H groups in total. The highest BCUT2D eigenvalue weighted by atomic mass is 16.5. The molecular weight excluding hydrogens is 330 g/mol. The molecule has 1 saturated heterocycles. The molecule has 0 bridgehead atoms. The van der Waals surface area contributed by atoms with Gasteiger partial charge in [0.15, 0.2) is 0 Å². The minimum atomic E-state index is -0.117. The van der Waals surface area contributed by atoms with Crippen LogP contribution in [0.15, 0.2) is 53.7 Å². The maximum atomic E-state index is 11.5. The highest BCUT2D eigenvalue weighted by Crippen LogP contribution is 2.36. The fraction of sp³-hybridized carbons (Fsp3) is 0.300. The van der Waals surface area contributed by atoms with E-state index in [9.17, 15) is 4.79 Å². The van der Waals surface area contributed by atoms with E-state index in [1.54, 1.807) is 19.4 Å². The van der Waals surface area contributed by atoms with Crippen LogP contribution in [0.4, 0.5) is 0 Å². The Bertz CT molecular complexity index is 934. The van der Waals surface area contributed by atoms with E-state index in [1.165, 1.54) is 0 Å². The predicted octanol–water partition coefficient (Wildman–Crippen LogP) is 3.27. The van der Waals surface area contributed by atoms with Crippen molar-refractivity contribution in [2.24, 2.45) is 0 Å². The molecule has 6 nitrogen and oxygen atoms in total. The summed E-state index contributed by atoms with van der Waals surface area (Å²) >= 11 is 0. The van der Waals surface area contributed by atoms with Crippen LogP contribution in [0.5, 0.6) is 5.75 Å². The summed E-state index contributed by atoms with van der Waals surface area (Å²) < 4.78 is 13.1. The fourth-order valence-corrected chi connectivity index (χ4v) is 3.43. The number of imidazole rings is 1. The zero-order valence-electron chi connectivity index (χ0n) is 14.6. The van der Waals surface area contributed by atoms with Gasteiger partial charge in [0.05, 0.1) is 24.8 Å². The number of pyridine rings is 1. The van der Waals surface area contributed by atoms with Gasteiger partial charge < -0.3 is 19.0 Å². The van der Waals surface area contributed by atoms with Crippen molar-refractivity contribution in [3.63, 3.8) is 0 Å². The Hall–Kier alpha value is -2.86. The first-order valence-corrected chi connectivity index (χ1v) is 8.74. The van der Waals surface area contributed by atoms with E-state index in [2.05, 4.69) is 9.55 Å². The van der Waals surface area contributed by atoms with Crippen LogP contribution in [-0.2, 0) is 4.74 Å². The second kappa shape index (κ2) is 7.17. The van der Waals surface area contributed by atoms with Crippen molar-refractivity contribution in [1.29, 1.82) is 0 Å². The van der Waals surface area contributed by atoms with Crippen LogP contribution in [0.3, 0.4) is 0 Å². The van der Waals surface area contributed by atoms with Crippen LogP contribution < -0.4 is 10.3 Å². The first kappa shape index (κ1) is 16.6. The van der Waals surface area contributed by atoms with Crippen molar-refractivity contribution >= 4 is 0 Å². The van der Waals surface area contributed by atoms with E-state index in [0.717, 1.165) is 54.3 Å². The lowest BCUT2D eigenvalue weighted by atomic mass is 10.0. The van der Waals surface area contributed by atoms with Gasteiger partial charge in [0.1, 0.15) is 5.75 Å². The smallest absolute Gasteiger partial charge is 0.247 e. The Labute approximate surface area is 151 Å². The van der Waals surface area contributed by atoms with Crippen LogP contribution in [0.25, 0.3) is 22.5 Å². The average Bonchev–Trinajstić information content (AvgIpc) is 3.14. The fourth-order valence-electron chi connectivity index (χ4n) is 3.43. The van der Waals surface area contributed by atoms with Gasteiger partial charge >= 0.3 is 0 Å². The highest BCUT2D eigenvalue weighted by Gasteiger charge is 2.23. The number of nitrogens with one attached hydrogen (secondary N) is 1. The minimum absolute atomic E-state index is 0.117. The molecule has 3 heterocycles. The van der Waals surface area contributed by atoms with Crippen molar-refractivity contribution in [2.45, 2.75) is 18.9 Å². The molecule has 0 saturated carbocycles. The average molecular weight is 351 g/mol. The first-order chi connectivity index (χ1) is 12.8. The molecule has 0 spiro atoms. The SMILES string of the molecule is COc1cccc(-c2ncn(C3CCOCC3)c2-c2ccc(=O)[nH]c2)c1. The summed E-state index contributed by atoms with van der Waals surface area (Å²) in [6.07, 6.45) is 5.54. The monoisotopic (exact) mass is 351 g/mol. The number of ether oxygens (including phenoxy) is 2. The molecule has 0 amide bonds. The summed E-state index contributed by atoms with van der Waals surface area (Å²) in [5.41, 5.74) is 3.68. The third-order valence-corrected chi connectivity index (χ3v) is 4.78. The number of aromatic amines is 1. The summed E-state index contributed by atoms with van der Waals surface area (Å²) in [6.45, 7) is 1.50. The summed E-state index contributed by atoms with van der Waals surface area (Å²) in [7, 11) is 1.66. The summed E-state index contributed by atoms with van der Waals surface area (Å²) in [5.74, 6) is 0.788. The van der Waals surface area contributed by atoms with Crippen molar-refractivity contribution in [3.8, 4) is 28.3 Å². The Morgan fingerprint density at radius 1 is 1.19 bits per heavy atom. The normalized spacial score (nSPS) is 15.1. The van der Waals surface area contributed by atoms with Crippen LogP contribution in [0.2, 0.25) is 0 Å². The van der Waals surface area contributed by atoms with Gasteiger partial charge in [-0.3, -0.25) is 4.79 Å². The lowest BCUT2D eigenvalue weighted by molar-refractivity contribution is 0.0699. The van der Waals surface area contributed by atoms with Crippen molar-refractivity contribution in [3.05, 3.63) is 59.3 Å². The number of hydrogen-bond acceptors (Lipinski definition) is 4. The van der Waals surface area contributed by atoms with Crippen molar-refractivity contribution in [1.82, 2.24) is 14.5 Å². The van der Waals surface area contributed by atoms with Crippen LogP contribution >= 0.6 is 0 Å². The van der Waals surface area contributed by atoms with Crippen LogP contribution in [0, 0.1) is 0 Å². The summed E-state index contributed by atoms with van der Waals surface area (Å²) in [4.78, 5) is 19.0. The van der Waals surface area contributed by atoms with Gasteiger partial charge in [-0.25, -0.2) is 4.98 Å². The molecule has 0 radical (unpaired) electrons. The Morgan fingerprint density at radius 3 is 2.77 bits per heavy atom. The molecule has 26 heavy (non-hydrogen) atoms. The van der Waals surface area contributed by atoms with Gasteiger partial charge in [0.25, 0.3) is 0 Å². The molecule has 0 atom stereocenters. The van der Waals surface area contributed by atoms with Gasteiger partial charge in [0.2, 0.25) is 5.56 Å². The van der Waals surface area contributed by atoms with Gasteiger partial charge in [-0.05, 0) is 31.0 Å². The molecule has 3 aromatic rings. The van der Waals surface area contributed by atoms with E-state index in [1.807, 2.05) is 36.7 Å². The standard InChI is InChI=1S/C20H21N3O3/c1-25-17-4-2-3-14(11-17)19-20(15-5-6-18(24)21-12-15)23(13-22-19)16-7-9-26-10-8-16/h2-6,11-13,16H,7-10H2,1H3,(H,21,24). The molecule has 134 valence electrons. The molecule has 1 aromatic carbocycles. The topological polar surface area (TPSA) is 69.1 Å². The zero-order chi connectivity index (χ0) is 17.9. The third-order valence-electron chi connectivity index (χ3n) is 4.78. The first-order valence-electron chi connectivity index (χ1n) is 8.74. The molecule has 0 unspecified atom stereocenters. The predicted molar refractivity (Wildman–Crippen MR) is 99.4 cm³/mol. The second-order valence-electron chi connectivity index (χ2n) is 6.37. The molecule has 0 aliphatic carbocycles. The third kappa shape index (κ3) is 3.15. The van der Waals surface area contributed by atoms with Crippen LogP contribution in [-0.4, -0.2) is 34.9 Å². The van der Waals surface area contributed by atoms with Gasteiger partial charge in [0, 0.05) is 42.6 Å². The zero-order valence-corrected chi connectivity index (χ0v) is 14.6. The quantitative estimate of drug-likeness (QED) is 0.783. The molecule has 4 rings (SSSR count). The maximum Gasteiger partial charge on any atom is 0.247 e. The van der Waals surface area contributed by atoms with E-state index in [-0.39, 0.29) is 5.56 Å².